The van der Waals surface area contributed by atoms with Gasteiger partial charge >= 0.3 is 5.97 Å². The first-order valence-electron chi connectivity index (χ1n) is 10.2. The number of ether oxygens (including phenoxy) is 2. The second-order valence-corrected chi connectivity index (χ2v) is 9.63. The fourth-order valence-electron chi connectivity index (χ4n) is 3.48. The second-order valence-electron chi connectivity index (χ2n) is 7.29. The van der Waals surface area contributed by atoms with E-state index in [0.29, 0.717) is 36.4 Å². The summed E-state index contributed by atoms with van der Waals surface area (Å²) in [4.78, 5) is 24.6. The number of amides is 1. The van der Waals surface area contributed by atoms with Gasteiger partial charge in [0.25, 0.3) is 0 Å². The highest BCUT2D eigenvalue weighted by atomic mass is 35.5. The number of anilines is 1. The van der Waals surface area contributed by atoms with Crippen molar-refractivity contribution in [3.63, 3.8) is 0 Å². The molecule has 1 N–H and O–H groups in total. The van der Waals surface area contributed by atoms with E-state index in [9.17, 15) is 18.0 Å². The van der Waals surface area contributed by atoms with Crippen LogP contribution in [0.1, 0.15) is 30.1 Å². The average Bonchev–Trinajstić information content (AvgIpc) is 2.79. The lowest BCUT2D eigenvalue weighted by Crippen LogP contribution is -2.43. The van der Waals surface area contributed by atoms with Gasteiger partial charge in [0, 0.05) is 18.8 Å². The Labute approximate surface area is 192 Å². The largest absolute Gasteiger partial charge is 0.495 e. The van der Waals surface area contributed by atoms with Crippen LogP contribution in [0.25, 0.3) is 0 Å². The Balaban J connectivity index is 1.68. The van der Waals surface area contributed by atoms with Gasteiger partial charge < -0.3 is 14.8 Å². The summed E-state index contributed by atoms with van der Waals surface area (Å²) < 4.78 is 37.5. The summed E-state index contributed by atoms with van der Waals surface area (Å²) in [6, 6.07) is 10.7. The Morgan fingerprint density at radius 2 is 1.91 bits per heavy atom. The number of hydrogen-bond donors (Lipinski definition) is 1. The first-order chi connectivity index (χ1) is 15.3. The number of hydrogen-bond acceptors (Lipinski definition) is 6. The molecular weight excluding hydrogens is 456 g/mol. The lowest BCUT2D eigenvalue weighted by Gasteiger charge is -2.31. The van der Waals surface area contributed by atoms with Gasteiger partial charge in [-0.1, -0.05) is 11.6 Å². The van der Waals surface area contributed by atoms with Crippen molar-refractivity contribution < 1.29 is 27.5 Å². The van der Waals surface area contributed by atoms with Crippen LogP contribution in [0.3, 0.4) is 0 Å². The van der Waals surface area contributed by atoms with Gasteiger partial charge in [-0.25, -0.2) is 13.2 Å². The smallest absolute Gasteiger partial charge is 0.338 e. The van der Waals surface area contributed by atoms with E-state index in [2.05, 4.69) is 5.32 Å². The van der Waals surface area contributed by atoms with Crippen LogP contribution < -0.4 is 10.1 Å². The first-order valence-corrected chi connectivity index (χ1v) is 12.0. The Morgan fingerprint density at radius 3 is 2.53 bits per heavy atom. The van der Waals surface area contributed by atoms with E-state index in [1.54, 1.807) is 31.2 Å². The van der Waals surface area contributed by atoms with Crippen molar-refractivity contribution in [1.82, 2.24) is 4.31 Å². The van der Waals surface area contributed by atoms with Crippen LogP contribution in [0.15, 0.2) is 47.4 Å². The van der Waals surface area contributed by atoms with Crippen molar-refractivity contribution in [3.8, 4) is 5.75 Å². The fourth-order valence-corrected chi connectivity index (χ4v) is 5.35. The summed E-state index contributed by atoms with van der Waals surface area (Å²) in [5.74, 6) is -0.828. The van der Waals surface area contributed by atoms with Crippen LogP contribution in [0.5, 0.6) is 5.75 Å². The van der Waals surface area contributed by atoms with E-state index in [4.69, 9.17) is 21.1 Å². The van der Waals surface area contributed by atoms with Crippen molar-refractivity contribution >= 4 is 39.2 Å². The molecule has 0 radical (unpaired) electrons. The zero-order chi connectivity index (χ0) is 23.3. The summed E-state index contributed by atoms with van der Waals surface area (Å²) >= 11 is 6.09. The first kappa shape index (κ1) is 24.0. The third-order valence-electron chi connectivity index (χ3n) is 5.18. The van der Waals surface area contributed by atoms with Crippen molar-refractivity contribution in [3.05, 3.63) is 53.1 Å². The van der Waals surface area contributed by atoms with Gasteiger partial charge in [-0.2, -0.15) is 4.31 Å². The van der Waals surface area contributed by atoms with Gasteiger partial charge in [-0.05, 0) is 62.2 Å². The summed E-state index contributed by atoms with van der Waals surface area (Å²) in [6.07, 6.45) is 1.13. The highest BCUT2D eigenvalue weighted by Crippen LogP contribution is 2.30. The normalized spacial score (nSPS) is 16.9. The van der Waals surface area contributed by atoms with Crippen LogP contribution >= 0.6 is 11.6 Å². The molecule has 1 atom stereocenters. The predicted molar refractivity (Wildman–Crippen MR) is 121 cm³/mol. The minimum Gasteiger partial charge on any atom is -0.495 e. The van der Waals surface area contributed by atoms with E-state index in [0.717, 1.165) is 0 Å². The number of methoxy groups -OCH3 is 1. The van der Waals surface area contributed by atoms with E-state index in [1.165, 1.54) is 29.6 Å². The quantitative estimate of drug-likeness (QED) is 0.608. The van der Waals surface area contributed by atoms with Gasteiger partial charge in [0.1, 0.15) is 5.75 Å². The van der Waals surface area contributed by atoms with Crippen LogP contribution in [0.4, 0.5) is 5.69 Å². The molecule has 0 aromatic heterocycles. The number of nitrogens with one attached hydrogen (secondary N) is 1. The van der Waals surface area contributed by atoms with E-state index >= 15 is 0 Å². The van der Waals surface area contributed by atoms with Crippen molar-refractivity contribution in [2.45, 2.75) is 24.7 Å². The molecule has 3 rings (SSSR count). The number of nitrogens with zero attached hydrogens (tertiary/aromatic N) is 1. The predicted octanol–water partition coefficient (Wildman–Crippen LogP) is 3.56. The van der Waals surface area contributed by atoms with Gasteiger partial charge in [-0.3, -0.25) is 4.79 Å². The Bertz CT molecular complexity index is 1090. The third kappa shape index (κ3) is 5.40. The minimum absolute atomic E-state index is 0.0545. The molecule has 0 bridgehead atoms. The molecule has 32 heavy (non-hydrogen) atoms. The molecule has 0 unspecified atom stereocenters. The van der Waals surface area contributed by atoms with Crippen LogP contribution in [0, 0.1) is 5.92 Å². The zero-order valence-corrected chi connectivity index (χ0v) is 19.4. The minimum atomic E-state index is -3.81. The standard InChI is InChI=1S/C22H25ClN2O6S/c1-3-31-22(27)15-6-8-17(9-7-15)24-21(26)16-5-4-12-25(14-16)32(28,29)18-10-11-20(30-2)19(23)13-18/h6-11,13,16H,3-5,12,14H2,1-2H3,(H,24,26)/t16-/m0/s1. The Hall–Kier alpha value is -2.62. The van der Waals surface area contributed by atoms with Crippen LogP contribution in [-0.2, 0) is 19.6 Å². The molecule has 0 spiro atoms. The molecular formula is C22H25ClN2O6S. The van der Waals surface area contributed by atoms with Crippen molar-refractivity contribution in [2.75, 3.05) is 32.1 Å². The lowest BCUT2D eigenvalue weighted by molar-refractivity contribution is -0.120. The topological polar surface area (TPSA) is 102 Å². The number of esters is 1. The molecule has 2 aromatic carbocycles. The number of carbonyl (C=O) groups is 2. The highest BCUT2D eigenvalue weighted by Gasteiger charge is 2.33. The molecule has 1 saturated heterocycles. The van der Waals surface area contributed by atoms with Gasteiger partial charge in [0.2, 0.25) is 15.9 Å². The molecule has 2 aromatic rings. The molecule has 10 heteroatoms. The van der Waals surface area contributed by atoms with Gasteiger partial charge in [-0.15, -0.1) is 0 Å². The summed E-state index contributed by atoms with van der Waals surface area (Å²) in [7, 11) is -2.36. The number of benzene rings is 2. The fraction of sp³-hybridized carbons (Fsp3) is 0.364. The third-order valence-corrected chi connectivity index (χ3v) is 7.34. The number of sulfonamides is 1. The van der Waals surface area contributed by atoms with Crippen LogP contribution in [-0.4, -0.2) is 51.4 Å². The van der Waals surface area contributed by atoms with E-state index < -0.39 is 21.9 Å². The zero-order valence-electron chi connectivity index (χ0n) is 17.8. The average molecular weight is 481 g/mol. The SMILES string of the molecule is CCOC(=O)c1ccc(NC(=O)[C@H]2CCCN(S(=O)(=O)c3ccc(OC)c(Cl)c3)C2)cc1. The van der Waals surface area contributed by atoms with Gasteiger partial charge in [0.15, 0.2) is 0 Å². The molecule has 1 aliphatic heterocycles. The maximum Gasteiger partial charge on any atom is 0.338 e. The molecule has 1 heterocycles. The summed E-state index contributed by atoms with van der Waals surface area (Å²) in [6.45, 7) is 2.40. The maximum absolute atomic E-state index is 13.1. The number of piperidine rings is 1. The Morgan fingerprint density at radius 1 is 1.19 bits per heavy atom. The number of halogens is 1. The molecule has 172 valence electrons. The monoisotopic (exact) mass is 480 g/mol. The summed E-state index contributed by atoms with van der Waals surface area (Å²) in [5, 5.41) is 3.00. The second kappa shape index (κ2) is 10.3. The molecule has 1 fully saturated rings. The highest BCUT2D eigenvalue weighted by molar-refractivity contribution is 7.89. The maximum atomic E-state index is 13.1. The van der Waals surface area contributed by atoms with E-state index in [1.807, 2.05) is 0 Å². The van der Waals surface area contributed by atoms with Crippen LogP contribution in [0.2, 0.25) is 5.02 Å². The van der Waals surface area contributed by atoms with E-state index in [-0.39, 0.29) is 29.0 Å². The Kier molecular flexibility index (Phi) is 7.76. The molecule has 0 saturated carbocycles. The number of rotatable bonds is 7. The molecule has 0 aliphatic carbocycles. The van der Waals surface area contributed by atoms with Gasteiger partial charge in [0.05, 0.1) is 35.1 Å². The number of carbonyl (C=O) groups excluding carboxylic acids is 2. The molecule has 8 nitrogen and oxygen atoms in total. The van der Waals surface area contributed by atoms with Crippen molar-refractivity contribution in [2.24, 2.45) is 5.92 Å². The molecule has 1 amide bonds. The molecule has 1 aliphatic rings. The summed E-state index contributed by atoms with van der Waals surface area (Å²) in [5.41, 5.74) is 0.905. The van der Waals surface area contributed by atoms with Crippen molar-refractivity contribution in [1.29, 1.82) is 0 Å². The lowest BCUT2D eigenvalue weighted by atomic mass is 9.98.